The number of carbonyl (C=O) groups is 2. The minimum atomic E-state index is -0.802. The van der Waals surface area contributed by atoms with Crippen molar-refractivity contribution in [2.24, 2.45) is 17.1 Å². The van der Waals surface area contributed by atoms with E-state index in [0.29, 0.717) is 44.6 Å². The molecule has 0 heterocycles. The number of amides is 2. The van der Waals surface area contributed by atoms with Crippen molar-refractivity contribution >= 4 is 11.8 Å². The second-order valence-corrected chi connectivity index (χ2v) is 4.89. The van der Waals surface area contributed by atoms with Gasteiger partial charge in [-0.05, 0) is 31.6 Å². The molecule has 0 spiro atoms. The van der Waals surface area contributed by atoms with Crippen molar-refractivity contribution in [1.29, 1.82) is 5.26 Å². The Hall–Kier alpha value is -1.57. The summed E-state index contributed by atoms with van der Waals surface area (Å²) in [5.41, 5.74) is 4.20. The molecule has 0 bridgehead atoms. The highest BCUT2D eigenvalue weighted by Crippen LogP contribution is 2.44. The van der Waals surface area contributed by atoms with Crippen LogP contribution in [0.5, 0.6) is 0 Å². The lowest BCUT2D eigenvalue weighted by Gasteiger charge is -2.39. The molecule has 5 nitrogen and oxygen atoms in total. The highest BCUT2D eigenvalue weighted by atomic mass is 16.2. The van der Waals surface area contributed by atoms with Gasteiger partial charge in [0.2, 0.25) is 11.8 Å². The lowest BCUT2D eigenvalue weighted by atomic mass is 9.63. The second-order valence-electron chi connectivity index (χ2n) is 4.89. The lowest BCUT2D eigenvalue weighted by Crippen LogP contribution is -2.48. The Morgan fingerprint density at radius 2 is 2.12 bits per heavy atom. The fourth-order valence-corrected chi connectivity index (χ4v) is 2.25. The third-order valence-electron chi connectivity index (χ3n) is 3.18. The summed E-state index contributed by atoms with van der Waals surface area (Å²) < 4.78 is 0. The van der Waals surface area contributed by atoms with E-state index in [1.54, 1.807) is 0 Å². The molecule has 0 aromatic carbocycles. The van der Waals surface area contributed by atoms with Gasteiger partial charge >= 0.3 is 0 Å². The third-order valence-corrected chi connectivity index (χ3v) is 3.18. The maximum absolute atomic E-state index is 11.8. The smallest absolute Gasteiger partial charge is 0.240 e. The van der Waals surface area contributed by atoms with Gasteiger partial charge < -0.3 is 11.1 Å². The van der Waals surface area contributed by atoms with Crippen molar-refractivity contribution < 1.29 is 9.59 Å². The molecule has 1 aliphatic rings. The number of nitrogens with zero attached hydrogens (tertiary/aromatic N) is 1. The van der Waals surface area contributed by atoms with E-state index in [2.05, 4.69) is 11.4 Å². The molecule has 0 saturated heterocycles. The number of unbranched alkanes of at least 4 members (excludes halogenated alkanes) is 1. The molecule has 3 N–H and O–H groups in total. The molecule has 0 aromatic heterocycles. The number of nitriles is 1. The topological polar surface area (TPSA) is 96.0 Å². The normalized spacial score (nSPS) is 26.7. The van der Waals surface area contributed by atoms with Crippen LogP contribution in [-0.4, -0.2) is 18.4 Å². The maximum atomic E-state index is 11.8. The van der Waals surface area contributed by atoms with Crippen LogP contribution in [0, 0.1) is 22.7 Å². The zero-order valence-electron chi connectivity index (χ0n) is 10.2. The minimum Gasteiger partial charge on any atom is -0.370 e. The Morgan fingerprint density at radius 1 is 1.47 bits per heavy atom. The molecule has 5 heteroatoms. The minimum absolute atomic E-state index is 0.169. The highest BCUT2D eigenvalue weighted by molar-refractivity contribution is 5.86. The van der Waals surface area contributed by atoms with Gasteiger partial charge in [-0.1, -0.05) is 6.92 Å². The zero-order chi connectivity index (χ0) is 12.9. The number of carbonyl (C=O) groups excluding carboxylic acids is 2. The molecule has 0 unspecified atom stereocenters. The van der Waals surface area contributed by atoms with Crippen LogP contribution in [0.15, 0.2) is 0 Å². The molecule has 17 heavy (non-hydrogen) atoms. The van der Waals surface area contributed by atoms with Gasteiger partial charge in [-0.3, -0.25) is 9.59 Å². The average molecular weight is 237 g/mol. The SMILES string of the molecule is CC1CC(C#N)(C(=O)NCCCCC(N)=O)C1. The monoisotopic (exact) mass is 237 g/mol. The molecule has 2 amide bonds. The van der Waals surface area contributed by atoms with Gasteiger partial charge in [-0.25, -0.2) is 0 Å². The van der Waals surface area contributed by atoms with Crippen LogP contribution in [0.3, 0.4) is 0 Å². The van der Waals surface area contributed by atoms with Gasteiger partial charge in [0, 0.05) is 13.0 Å². The Labute approximate surface area is 101 Å². The third kappa shape index (κ3) is 3.45. The first-order valence-corrected chi connectivity index (χ1v) is 5.98. The summed E-state index contributed by atoms with van der Waals surface area (Å²) >= 11 is 0. The second kappa shape index (κ2) is 5.67. The summed E-state index contributed by atoms with van der Waals surface area (Å²) in [4.78, 5) is 22.3. The molecule has 0 radical (unpaired) electrons. The quantitative estimate of drug-likeness (QED) is 0.665. The van der Waals surface area contributed by atoms with Gasteiger partial charge in [0.25, 0.3) is 0 Å². The van der Waals surface area contributed by atoms with Crippen LogP contribution in [0.4, 0.5) is 0 Å². The standard InChI is InChI=1S/C12H19N3O2/c1-9-6-12(7-9,8-13)11(17)15-5-3-2-4-10(14)16/h9H,2-7H2,1H3,(H2,14,16)(H,15,17). The summed E-state index contributed by atoms with van der Waals surface area (Å²) in [5, 5.41) is 11.8. The number of hydrogen-bond donors (Lipinski definition) is 2. The van der Waals surface area contributed by atoms with Gasteiger partial charge in [-0.15, -0.1) is 0 Å². The van der Waals surface area contributed by atoms with Crippen LogP contribution in [0.25, 0.3) is 0 Å². The molecule has 1 rings (SSSR count). The predicted octanol–water partition coefficient (Wildman–Crippen LogP) is 0.698. The van der Waals surface area contributed by atoms with Crippen molar-refractivity contribution in [3.8, 4) is 6.07 Å². The number of nitrogens with two attached hydrogens (primary N) is 1. The molecular weight excluding hydrogens is 218 g/mol. The van der Waals surface area contributed by atoms with Gasteiger partial charge in [0.15, 0.2) is 0 Å². The zero-order valence-corrected chi connectivity index (χ0v) is 10.2. The number of rotatable bonds is 6. The van der Waals surface area contributed by atoms with E-state index in [-0.39, 0.29) is 11.8 Å². The van der Waals surface area contributed by atoms with Crippen molar-refractivity contribution in [2.75, 3.05) is 6.54 Å². The first-order valence-electron chi connectivity index (χ1n) is 5.98. The van der Waals surface area contributed by atoms with Gasteiger partial charge in [0.05, 0.1) is 6.07 Å². The predicted molar refractivity (Wildman–Crippen MR) is 62.5 cm³/mol. The average Bonchev–Trinajstić information content (AvgIpc) is 2.23. The number of nitrogens with one attached hydrogen (secondary N) is 1. The summed E-state index contributed by atoms with van der Waals surface area (Å²) in [5.74, 6) is -0.0370. The molecule has 1 fully saturated rings. The lowest BCUT2D eigenvalue weighted by molar-refractivity contribution is -0.133. The van der Waals surface area contributed by atoms with E-state index in [0.717, 1.165) is 0 Å². The van der Waals surface area contributed by atoms with Crippen LogP contribution in [0.2, 0.25) is 0 Å². The van der Waals surface area contributed by atoms with Crippen molar-refractivity contribution in [1.82, 2.24) is 5.32 Å². The summed E-state index contributed by atoms with van der Waals surface area (Å²) in [6.07, 6.45) is 3.03. The van der Waals surface area contributed by atoms with E-state index in [9.17, 15) is 9.59 Å². The Kier molecular flexibility index (Phi) is 4.50. The fourth-order valence-electron chi connectivity index (χ4n) is 2.25. The summed E-state index contributed by atoms with van der Waals surface area (Å²) in [7, 11) is 0. The maximum Gasteiger partial charge on any atom is 0.240 e. The van der Waals surface area contributed by atoms with Crippen LogP contribution in [-0.2, 0) is 9.59 Å². The largest absolute Gasteiger partial charge is 0.370 e. The first kappa shape index (κ1) is 13.5. The van der Waals surface area contributed by atoms with E-state index in [4.69, 9.17) is 11.0 Å². The summed E-state index contributed by atoms with van der Waals surface area (Å²) in [6.45, 7) is 2.54. The molecule has 94 valence electrons. The van der Waals surface area contributed by atoms with E-state index >= 15 is 0 Å². The van der Waals surface area contributed by atoms with Crippen LogP contribution < -0.4 is 11.1 Å². The fraction of sp³-hybridized carbons (Fsp3) is 0.750. The number of primary amides is 1. The van der Waals surface area contributed by atoms with Crippen molar-refractivity contribution in [2.45, 2.75) is 39.0 Å². The molecule has 1 aliphatic carbocycles. The van der Waals surface area contributed by atoms with Crippen molar-refractivity contribution in [3.05, 3.63) is 0 Å². The molecule has 0 atom stereocenters. The Bertz CT molecular complexity index is 340. The van der Waals surface area contributed by atoms with Gasteiger partial charge in [-0.2, -0.15) is 5.26 Å². The summed E-state index contributed by atoms with van der Waals surface area (Å²) in [6, 6.07) is 2.12. The van der Waals surface area contributed by atoms with E-state index < -0.39 is 5.41 Å². The molecule has 0 aromatic rings. The molecule has 0 aliphatic heterocycles. The van der Waals surface area contributed by atoms with E-state index in [1.165, 1.54) is 0 Å². The van der Waals surface area contributed by atoms with Crippen LogP contribution >= 0.6 is 0 Å². The molecule has 1 saturated carbocycles. The Morgan fingerprint density at radius 3 is 2.59 bits per heavy atom. The van der Waals surface area contributed by atoms with Crippen molar-refractivity contribution in [3.63, 3.8) is 0 Å². The van der Waals surface area contributed by atoms with Crippen LogP contribution in [0.1, 0.15) is 39.0 Å². The first-order chi connectivity index (χ1) is 8.00. The number of hydrogen-bond acceptors (Lipinski definition) is 3. The molecular formula is C12H19N3O2. The highest BCUT2D eigenvalue weighted by Gasteiger charge is 2.48. The van der Waals surface area contributed by atoms with Gasteiger partial charge in [0.1, 0.15) is 5.41 Å². The Balaban J connectivity index is 2.21. The van der Waals surface area contributed by atoms with E-state index in [1.807, 2.05) is 6.92 Å².